The summed E-state index contributed by atoms with van der Waals surface area (Å²) >= 11 is 0. The highest BCUT2D eigenvalue weighted by atomic mass is 16.4. The Kier molecular flexibility index (Phi) is 2.18. The molecule has 70 valence electrons. The van der Waals surface area contributed by atoms with E-state index in [1.165, 1.54) is 0 Å². The summed E-state index contributed by atoms with van der Waals surface area (Å²) in [7, 11) is 0. The van der Waals surface area contributed by atoms with Crippen molar-refractivity contribution in [1.29, 1.82) is 0 Å². The molecule has 0 atom stereocenters. The quantitative estimate of drug-likeness (QED) is 0.511. The molecular weight excluding hydrogens is 180 g/mol. The normalized spacial score (nSPS) is 9.85. The van der Waals surface area contributed by atoms with Crippen LogP contribution in [0.15, 0.2) is 15.7 Å². The molecule has 7 nitrogen and oxygen atoms in total. The van der Waals surface area contributed by atoms with Gasteiger partial charge < -0.3 is 10.2 Å². The third-order valence-corrected chi connectivity index (χ3v) is 1.31. The SMILES string of the molecule is O=C(O)Cn1c(O)cc(=O)[nH]c1=O. The van der Waals surface area contributed by atoms with E-state index in [4.69, 9.17) is 10.2 Å². The maximum atomic E-state index is 10.9. The molecule has 1 aromatic rings. The van der Waals surface area contributed by atoms with Crippen LogP contribution in [0.2, 0.25) is 0 Å². The number of rotatable bonds is 2. The fourth-order valence-electron chi connectivity index (χ4n) is 0.796. The molecular formula is C6H6N2O5. The lowest BCUT2D eigenvalue weighted by Crippen LogP contribution is -2.31. The molecule has 0 saturated heterocycles. The molecule has 0 aromatic carbocycles. The van der Waals surface area contributed by atoms with Crippen LogP contribution in [0.5, 0.6) is 5.88 Å². The zero-order valence-electron chi connectivity index (χ0n) is 6.35. The van der Waals surface area contributed by atoms with Crippen molar-refractivity contribution >= 4 is 5.97 Å². The molecule has 0 spiro atoms. The average Bonchev–Trinajstić information content (AvgIpc) is 1.96. The molecule has 0 aliphatic rings. The fraction of sp³-hybridized carbons (Fsp3) is 0.167. The number of aliphatic carboxylic acids is 1. The van der Waals surface area contributed by atoms with E-state index < -0.39 is 29.6 Å². The second-order valence-corrected chi connectivity index (χ2v) is 2.28. The van der Waals surface area contributed by atoms with E-state index in [0.29, 0.717) is 4.57 Å². The summed E-state index contributed by atoms with van der Waals surface area (Å²) in [4.78, 5) is 33.5. The second kappa shape index (κ2) is 3.13. The molecule has 0 amide bonds. The first kappa shape index (κ1) is 9.04. The number of aromatic hydroxyl groups is 1. The number of nitrogens with one attached hydrogen (secondary N) is 1. The van der Waals surface area contributed by atoms with Crippen LogP contribution in [-0.4, -0.2) is 25.7 Å². The van der Waals surface area contributed by atoms with Crippen LogP contribution in [0, 0.1) is 0 Å². The van der Waals surface area contributed by atoms with Crippen molar-refractivity contribution in [3.63, 3.8) is 0 Å². The fourth-order valence-corrected chi connectivity index (χ4v) is 0.796. The Labute approximate surface area is 70.9 Å². The maximum Gasteiger partial charge on any atom is 0.331 e. The van der Waals surface area contributed by atoms with Crippen molar-refractivity contribution in [3.8, 4) is 5.88 Å². The topological polar surface area (TPSA) is 112 Å². The predicted octanol–water partition coefficient (Wildman–Crippen LogP) is -1.67. The summed E-state index contributed by atoms with van der Waals surface area (Å²) in [6, 6.07) is 0.727. The molecule has 0 fully saturated rings. The van der Waals surface area contributed by atoms with Gasteiger partial charge in [-0.1, -0.05) is 0 Å². The van der Waals surface area contributed by atoms with Crippen molar-refractivity contribution < 1.29 is 15.0 Å². The van der Waals surface area contributed by atoms with Crippen LogP contribution in [-0.2, 0) is 11.3 Å². The number of carboxylic acid groups (broad SMARTS) is 1. The van der Waals surface area contributed by atoms with Gasteiger partial charge in [0.05, 0.1) is 6.07 Å². The number of hydrogen-bond acceptors (Lipinski definition) is 4. The van der Waals surface area contributed by atoms with Gasteiger partial charge in [-0.2, -0.15) is 0 Å². The van der Waals surface area contributed by atoms with Gasteiger partial charge in [0, 0.05) is 0 Å². The Bertz CT molecular complexity index is 443. The Morgan fingerprint density at radius 1 is 1.54 bits per heavy atom. The Morgan fingerprint density at radius 2 is 2.15 bits per heavy atom. The summed E-state index contributed by atoms with van der Waals surface area (Å²) in [5, 5.41) is 17.3. The Hall–Kier alpha value is -2.05. The van der Waals surface area contributed by atoms with Crippen LogP contribution in [0.4, 0.5) is 0 Å². The van der Waals surface area contributed by atoms with E-state index in [1.807, 2.05) is 4.98 Å². The summed E-state index contributed by atoms with van der Waals surface area (Å²) in [6.07, 6.45) is 0. The van der Waals surface area contributed by atoms with E-state index in [-0.39, 0.29) is 0 Å². The smallest absolute Gasteiger partial charge is 0.331 e. The van der Waals surface area contributed by atoms with E-state index in [2.05, 4.69) is 0 Å². The van der Waals surface area contributed by atoms with Crippen LogP contribution in [0.3, 0.4) is 0 Å². The number of hydrogen-bond donors (Lipinski definition) is 3. The molecule has 0 bridgehead atoms. The van der Waals surface area contributed by atoms with Crippen LogP contribution < -0.4 is 11.2 Å². The number of carbonyl (C=O) groups is 1. The average molecular weight is 186 g/mol. The maximum absolute atomic E-state index is 10.9. The first-order chi connectivity index (χ1) is 6.00. The lowest BCUT2D eigenvalue weighted by Gasteiger charge is -2.02. The van der Waals surface area contributed by atoms with Crippen molar-refractivity contribution in [1.82, 2.24) is 9.55 Å². The lowest BCUT2D eigenvalue weighted by molar-refractivity contribution is -0.137. The molecule has 13 heavy (non-hydrogen) atoms. The molecule has 1 rings (SSSR count). The van der Waals surface area contributed by atoms with E-state index in [1.54, 1.807) is 0 Å². The third kappa shape index (κ3) is 1.95. The van der Waals surface area contributed by atoms with E-state index in [0.717, 1.165) is 6.07 Å². The monoisotopic (exact) mass is 186 g/mol. The number of H-pyrrole nitrogens is 1. The molecule has 1 heterocycles. The molecule has 3 N–H and O–H groups in total. The lowest BCUT2D eigenvalue weighted by atomic mass is 10.5. The van der Waals surface area contributed by atoms with Gasteiger partial charge in [-0.3, -0.25) is 19.1 Å². The molecule has 0 saturated carbocycles. The molecule has 7 heteroatoms. The molecule has 0 radical (unpaired) electrons. The zero-order chi connectivity index (χ0) is 10.0. The highest BCUT2D eigenvalue weighted by Gasteiger charge is 2.07. The van der Waals surface area contributed by atoms with Gasteiger partial charge in [0.1, 0.15) is 6.54 Å². The number of aromatic amines is 1. The highest BCUT2D eigenvalue weighted by Crippen LogP contribution is 1.98. The Balaban J connectivity index is 3.29. The van der Waals surface area contributed by atoms with Gasteiger partial charge in [0.25, 0.3) is 5.56 Å². The van der Waals surface area contributed by atoms with E-state index in [9.17, 15) is 14.4 Å². The van der Waals surface area contributed by atoms with Crippen molar-refractivity contribution in [2.75, 3.05) is 0 Å². The molecule has 0 unspecified atom stereocenters. The summed E-state index contributed by atoms with van der Waals surface area (Å²) in [5.41, 5.74) is -1.73. The third-order valence-electron chi connectivity index (χ3n) is 1.31. The first-order valence-corrected chi connectivity index (χ1v) is 3.25. The summed E-state index contributed by atoms with van der Waals surface area (Å²) in [6.45, 7) is -0.693. The van der Waals surface area contributed by atoms with Gasteiger partial charge in [-0.15, -0.1) is 0 Å². The zero-order valence-corrected chi connectivity index (χ0v) is 6.35. The standard InChI is InChI=1S/C6H6N2O5/c9-3-1-4(10)8(2-5(11)12)6(13)7-3/h1,10H,2H2,(H,11,12)(H,7,9,13). The highest BCUT2D eigenvalue weighted by molar-refractivity contribution is 5.66. The van der Waals surface area contributed by atoms with Crippen LogP contribution >= 0.6 is 0 Å². The van der Waals surface area contributed by atoms with Crippen LogP contribution in [0.25, 0.3) is 0 Å². The summed E-state index contributed by atoms with van der Waals surface area (Å²) < 4.78 is 0.531. The minimum Gasteiger partial charge on any atom is -0.494 e. The van der Waals surface area contributed by atoms with Gasteiger partial charge in [0.15, 0.2) is 0 Å². The number of carboxylic acids is 1. The van der Waals surface area contributed by atoms with Gasteiger partial charge in [-0.25, -0.2) is 4.79 Å². The van der Waals surface area contributed by atoms with E-state index >= 15 is 0 Å². The predicted molar refractivity (Wildman–Crippen MR) is 40.6 cm³/mol. The van der Waals surface area contributed by atoms with Gasteiger partial charge in [0.2, 0.25) is 5.88 Å². The molecule has 1 aromatic heterocycles. The first-order valence-electron chi connectivity index (χ1n) is 3.25. The van der Waals surface area contributed by atoms with Crippen molar-refractivity contribution in [2.24, 2.45) is 0 Å². The summed E-state index contributed by atoms with van der Waals surface area (Å²) in [5.74, 6) is -1.96. The van der Waals surface area contributed by atoms with Crippen molar-refractivity contribution in [3.05, 3.63) is 26.9 Å². The minimum atomic E-state index is -1.29. The van der Waals surface area contributed by atoms with Crippen molar-refractivity contribution in [2.45, 2.75) is 6.54 Å². The Morgan fingerprint density at radius 3 is 2.62 bits per heavy atom. The second-order valence-electron chi connectivity index (χ2n) is 2.28. The van der Waals surface area contributed by atoms with Gasteiger partial charge in [-0.05, 0) is 0 Å². The number of aromatic nitrogens is 2. The minimum absolute atomic E-state index is 0.531. The van der Waals surface area contributed by atoms with Crippen LogP contribution in [0.1, 0.15) is 0 Å². The van der Waals surface area contributed by atoms with Gasteiger partial charge >= 0.3 is 11.7 Å². The molecule has 0 aliphatic carbocycles. The number of nitrogens with zero attached hydrogens (tertiary/aromatic N) is 1. The molecule has 0 aliphatic heterocycles. The largest absolute Gasteiger partial charge is 0.494 e.